The lowest BCUT2D eigenvalue weighted by Gasteiger charge is -2.26. The summed E-state index contributed by atoms with van der Waals surface area (Å²) in [7, 11) is 0. The highest BCUT2D eigenvalue weighted by Gasteiger charge is 2.29. The van der Waals surface area contributed by atoms with Gasteiger partial charge in [-0.1, -0.05) is 36.4 Å². The first-order valence-electron chi connectivity index (χ1n) is 12.3. The highest BCUT2D eigenvalue weighted by atomic mass is 19.1. The van der Waals surface area contributed by atoms with Gasteiger partial charge in [0.25, 0.3) is 0 Å². The normalized spacial score (nSPS) is 12.1. The smallest absolute Gasteiger partial charge is 0.412 e. The van der Waals surface area contributed by atoms with E-state index in [0.29, 0.717) is 28.4 Å². The van der Waals surface area contributed by atoms with Gasteiger partial charge < -0.3 is 25.6 Å². The van der Waals surface area contributed by atoms with Crippen molar-refractivity contribution in [3.63, 3.8) is 0 Å². The lowest BCUT2D eigenvalue weighted by molar-refractivity contribution is -0.112. The Bertz CT molecular complexity index is 1590. The number of nitriles is 1. The molecule has 0 aromatic heterocycles. The predicted octanol–water partition coefficient (Wildman–Crippen LogP) is 5.92. The van der Waals surface area contributed by atoms with Crippen molar-refractivity contribution >= 4 is 29.1 Å². The molecule has 0 bridgehead atoms. The number of carbonyl (C=O) groups excluding carboxylic acids is 2. The van der Waals surface area contributed by atoms with Gasteiger partial charge in [0.05, 0.1) is 23.0 Å². The van der Waals surface area contributed by atoms with E-state index in [0.717, 1.165) is 12.1 Å². The van der Waals surface area contributed by atoms with Crippen LogP contribution in [-0.2, 0) is 9.53 Å². The molecule has 0 radical (unpaired) electrons. The van der Waals surface area contributed by atoms with Gasteiger partial charge in [-0.25, -0.2) is 9.18 Å². The number of aromatic hydroxyl groups is 1. The molecular weight excluding hydrogens is 527 g/mol. The Balaban J connectivity index is 1.65. The highest BCUT2D eigenvalue weighted by Crippen LogP contribution is 2.30. The second-order valence-electron chi connectivity index (χ2n) is 8.68. The number of rotatable bonds is 9. The molecule has 206 valence electrons. The molecule has 2 amide bonds. The fourth-order valence-electron chi connectivity index (χ4n) is 3.74. The molecule has 0 heterocycles. The molecule has 0 saturated carbocycles. The molecule has 0 saturated heterocycles. The summed E-state index contributed by atoms with van der Waals surface area (Å²) in [5, 5.41) is 24.0. The molecule has 0 fully saturated rings. The number of phenols is 1. The number of hydrogen-bond acceptors (Lipinski definition) is 7. The van der Waals surface area contributed by atoms with Crippen LogP contribution in [0.4, 0.5) is 26.2 Å². The van der Waals surface area contributed by atoms with Crippen LogP contribution in [0.1, 0.15) is 17.2 Å². The minimum atomic E-state index is -1.28. The van der Waals surface area contributed by atoms with Gasteiger partial charge in [0.1, 0.15) is 5.75 Å². The van der Waals surface area contributed by atoms with E-state index < -0.39 is 35.8 Å². The zero-order chi connectivity index (χ0) is 29.2. The van der Waals surface area contributed by atoms with Gasteiger partial charge in [-0.2, -0.15) is 5.26 Å². The number of para-hydroxylation sites is 3. The number of halogens is 1. The number of phenolic OH excluding ortho intramolecular Hbond substituents is 1. The van der Waals surface area contributed by atoms with Crippen molar-refractivity contribution < 1.29 is 28.6 Å². The molecule has 4 aromatic rings. The molecular formula is C31H25FN4O5. The molecule has 0 aliphatic rings. The first kappa shape index (κ1) is 28.2. The quantitative estimate of drug-likeness (QED) is 0.149. The van der Waals surface area contributed by atoms with Crippen LogP contribution in [0.3, 0.4) is 0 Å². The van der Waals surface area contributed by atoms with E-state index >= 15 is 0 Å². The van der Waals surface area contributed by atoms with E-state index in [1.165, 1.54) is 42.5 Å². The SMILES string of the molecule is N#Cc1ccc(NC(=O)O[C@@H](c2ccc(O)c(F)c2)[C@H](/C=C/C(=O)Nc2ccccc2N)Oc2ccccc2)cc1. The fourth-order valence-corrected chi connectivity index (χ4v) is 3.74. The van der Waals surface area contributed by atoms with E-state index in [2.05, 4.69) is 10.6 Å². The number of ether oxygens (including phenoxy) is 2. The number of nitrogen functional groups attached to an aromatic ring is 1. The molecule has 0 spiro atoms. The molecule has 0 aliphatic carbocycles. The number of nitrogens with zero attached hydrogens (tertiary/aromatic N) is 1. The zero-order valence-corrected chi connectivity index (χ0v) is 21.5. The van der Waals surface area contributed by atoms with Crippen molar-refractivity contribution in [3.05, 3.63) is 126 Å². The third kappa shape index (κ3) is 7.84. The monoisotopic (exact) mass is 552 g/mol. The van der Waals surface area contributed by atoms with E-state index in [9.17, 15) is 19.1 Å². The topological polar surface area (TPSA) is 147 Å². The van der Waals surface area contributed by atoms with Crippen LogP contribution in [0.15, 0.2) is 109 Å². The summed E-state index contributed by atoms with van der Waals surface area (Å²) in [5.41, 5.74) is 7.58. The summed E-state index contributed by atoms with van der Waals surface area (Å²) in [4.78, 5) is 25.7. The van der Waals surface area contributed by atoms with Crippen LogP contribution < -0.4 is 21.1 Å². The molecule has 4 rings (SSSR count). The molecule has 0 unspecified atom stereocenters. The van der Waals surface area contributed by atoms with Gasteiger partial charge in [-0.05, 0) is 72.3 Å². The number of carbonyl (C=O) groups is 2. The third-order valence-corrected chi connectivity index (χ3v) is 5.76. The number of anilines is 3. The van der Waals surface area contributed by atoms with Gasteiger partial charge in [0, 0.05) is 11.8 Å². The molecule has 9 nitrogen and oxygen atoms in total. The molecule has 4 aromatic carbocycles. The first-order chi connectivity index (χ1) is 19.8. The van der Waals surface area contributed by atoms with Crippen molar-refractivity contribution in [2.24, 2.45) is 0 Å². The van der Waals surface area contributed by atoms with Crippen LogP contribution in [-0.4, -0.2) is 23.2 Å². The Morgan fingerprint density at radius 1 is 0.951 bits per heavy atom. The van der Waals surface area contributed by atoms with E-state index in [1.54, 1.807) is 54.6 Å². The lowest BCUT2D eigenvalue weighted by Crippen LogP contribution is -2.30. The Morgan fingerprint density at radius 2 is 1.66 bits per heavy atom. The molecule has 2 atom stereocenters. The van der Waals surface area contributed by atoms with Crippen LogP contribution in [0.2, 0.25) is 0 Å². The Labute approximate surface area is 235 Å². The lowest BCUT2D eigenvalue weighted by atomic mass is 10.0. The number of hydrogen-bond donors (Lipinski definition) is 4. The summed E-state index contributed by atoms with van der Waals surface area (Å²) in [6.07, 6.45) is -0.774. The zero-order valence-electron chi connectivity index (χ0n) is 21.5. The Kier molecular flexibility index (Phi) is 9.15. The summed E-state index contributed by atoms with van der Waals surface area (Å²) in [5.74, 6) is -1.69. The summed E-state index contributed by atoms with van der Waals surface area (Å²) < 4.78 is 26.2. The maximum atomic E-state index is 14.4. The van der Waals surface area contributed by atoms with Crippen molar-refractivity contribution in [3.8, 4) is 17.6 Å². The minimum absolute atomic E-state index is 0.147. The van der Waals surface area contributed by atoms with Crippen LogP contribution >= 0.6 is 0 Å². The molecule has 5 N–H and O–H groups in total. The van der Waals surface area contributed by atoms with E-state index in [1.807, 2.05) is 6.07 Å². The Morgan fingerprint density at radius 3 is 2.34 bits per heavy atom. The van der Waals surface area contributed by atoms with Crippen molar-refractivity contribution in [1.29, 1.82) is 5.26 Å². The molecule has 0 aliphatic heterocycles. The maximum Gasteiger partial charge on any atom is 0.412 e. The van der Waals surface area contributed by atoms with Gasteiger partial charge in [-0.3, -0.25) is 10.1 Å². The first-order valence-corrected chi connectivity index (χ1v) is 12.3. The Hall–Kier alpha value is -5.82. The number of benzene rings is 4. The molecule has 41 heavy (non-hydrogen) atoms. The number of nitrogens with two attached hydrogens (primary N) is 1. The number of amides is 2. The second-order valence-corrected chi connectivity index (χ2v) is 8.68. The summed E-state index contributed by atoms with van der Waals surface area (Å²) in [6, 6.07) is 26.9. The predicted molar refractivity (Wildman–Crippen MR) is 152 cm³/mol. The van der Waals surface area contributed by atoms with Gasteiger partial charge in [0.15, 0.2) is 23.8 Å². The van der Waals surface area contributed by atoms with Crippen LogP contribution in [0.5, 0.6) is 11.5 Å². The summed E-state index contributed by atoms with van der Waals surface area (Å²) in [6.45, 7) is 0. The maximum absolute atomic E-state index is 14.4. The van der Waals surface area contributed by atoms with Crippen LogP contribution in [0.25, 0.3) is 0 Å². The van der Waals surface area contributed by atoms with Gasteiger partial charge >= 0.3 is 6.09 Å². The van der Waals surface area contributed by atoms with Crippen LogP contribution in [0, 0.1) is 17.1 Å². The average Bonchev–Trinajstić information content (AvgIpc) is 2.98. The summed E-state index contributed by atoms with van der Waals surface area (Å²) >= 11 is 0. The molecule has 10 heteroatoms. The van der Waals surface area contributed by atoms with Crippen molar-refractivity contribution in [1.82, 2.24) is 0 Å². The standard InChI is InChI=1S/C31H25FN4O5/c32-24-18-21(12-15-27(24)37)30(41-31(39)35-22-13-10-20(19-33)11-14-22)28(40-23-6-2-1-3-7-23)16-17-29(38)36-26-9-5-4-8-25(26)34/h1-18,28,30,37H,34H2,(H,35,39)(H,36,38)/b17-16+/t28-,30-/m0/s1. The van der Waals surface area contributed by atoms with Gasteiger partial charge in [0.2, 0.25) is 5.91 Å². The third-order valence-electron chi connectivity index (χ3n) is 5.76. The van der Waals surface area contributed by atoms with E-state index in [-0.39, 0.29) is 5.56 Å². The van der Waals surface area contributed by atoms with E-state index in [4.69, 9.17) is 20.5 Å². The van der Waals surface area contributed by atoms with Gasteiger partial charge in [-0.15, -0.1) is 0 Å². The largest absolute Gasteiger partial charge is 0.505 e. The van der Waals surface area contributed by atoms with Crippen molar-refractivity contribution in [2.45, 2.75) is 12.2 Å². The second kappa shape index (κ2) is 13.3. The fraction of sp³-hybridized carbons (Fsp3) is 0.0645. The number of nitrogens with one attached hydrogen (secondary N) is 2. The van der Waals surface area contributed by atoms with Crippen molar-refractivity contribution in [2.75, 3.05) is 16.4 Å². The highest BCUT2D eigenvalue weighted by molar-refractivity contribution is 6.01. The average molecular weight is 553 g/mol. The minimum Gasteiger partial charge on any atom is -0.505 e.